The summed E-state index contributed by atoms with van der Waals surface area (Å²) in [5.74, 6) is -0.00514. The fourth-order valence-electron chi connectivity index (χ4n) is 1.64. The van der Waals surface area contributed by atoms with Crippen LogP contribution in [0.1, 0.15) is 21.0 Å². The van der Waals surface area contributed by atoms with Gasteiger partial charge in [-0.3, -0.25) is 4.79 Å². The number of rotatable bonds is 1. The highest BCUT2D eigenvalue weighted by atomic mass is 32.1. The number of hydrogen-bond donors (Lipinski definition) is 1. The van der Waals surface area contributed by atoms with Crippen molar-refractivity contribution in [1.29, 1.82) is 5.26 Å². The molecule has 78 valence electrons. The maximum Gasteiger partial charge on any atom is 0.264 e. The van der Waals surface area contributed by atoms with Gasteiger partial charge in [0.25, 0.3) is 5.91 Å². The molecule has 1 amide bonds. The zero-order valence-corrected chi connectivity index (χ0v) is 8.96. The minimum atomic E-state index is -0.00514. The Morgan fingerprint density at radius 2 is 2.47 bits per heavy atom. The van der Waals surface area contributed by atoms with E-state index in [0.29, 0.717) is 16.3 Å². The highest BCUT2D eigenvalue weighted by molar-refractivity contribution is 7.14. The molecule has 0 bridgehead atoms. The number of nitriles is 1. The third-order valence-corrected chi connectivity index (χ3v) is 3.42. The van der Waals surface area contributed by atoms with Crippen LogP contribution >= 0.6 is 11.3 Å². The molecule has 0 aliphatic carbocycles. The summed E-state index contributed by atoms with van der Waals surface area (Å²) < 4.78 is 0. The highest BCUT2D eigenvalue weighted by Crippen LogP contribution is 2.19. The van der Waals surface area contributed by atoms with E-state index < -0.39 is 0 Å². The van der Waals surface area contributed by atoms with Crippen molar-refractivity contribution in [2.45, 2.75) is 12.5 Å². The Labute approximate surface area is 91.9 Å². The fraction of sp³-hybridized carbons (Fsp3) is 0.400. The normalized spacial score (nSPS) is 20.3. The van der Waals surface area contributed by atoms with Crippen LogP contribution in [0.15, 0.2) is 12.1 Å². The van der Waals surface area contributed by atoms with Crippen LogP contribution in [-0.4, -0.2) is 29.9 Å². The molecule has 1 saturated heterocycles. The van der Waals surface area contributed by atoms with Gasteiger partial charge in [-0.15, -0.1) is 11.3 Å². The molecule has 4 nitrogen and oxygen atoms in total. The van der Waals surface area contributed by atoms with Crippen LogP contribution in [0.4, 0.5) is 0 Å². The Morgan fingerprint density at radius 3 is 3.00 bits per heavy atom. The molecule has 0 spiro atoms. The summed E-state index contributed by atoms with van der Waals surface area (Å²) >= 11 is 1.24. The van der Waals surface area contributed by atoms with Gasteiger partial charge in [-0.2, -0.15) is 5.26 Å². The molecule has 2 heterocycles. The monoisotopic (exact) mass is 221 g/mol. The lowest BCUT2D eigenvalue weighted by atomic mass is 10.3. The number of carbonyl (C=O) groups excluding carboxylic acids is 1. The van der Waals surface area contributed by atoms with Gasteiger partial charge in [0.1, 0.15) is 10.9 Å². The number of thiophene rings is 1. The average Bonchev–Trinajstić information content (AvgIpc) is 2.84. The van der Waals surface area contributed by atoms with Gasteiger partial charge in [0, 0.05) is 19.1 Å². The van der Waals surface area contributed by atoms with E-state index in [0.717, 1.165) is 13.0 Å². The van der Waals surface area contributed by atoms with Crippen molar-refractivity contribution in [2.24, 2.45) is 5.73 Å². The molecule has 0 radical (unpaired) electrons. The molecule has 15 heavy (non-hydrogen) atoms. The van der Waals surface area contributed by atoms with Crippen molar-refractivity contribution in [3.63, 3.8) is 0 Å². The van der Waals surface area contributed by atoms with E-state index in [4.69, 9.17) is 11.0 Å². The van der Waals surface area contributed by atoms with Crippen LogP contribution < -0.4 is 5.73 Å². The lowest BCUT2D eigenvalue weighted by Crippen LogP contribution is -2.31. The summed E-state index contributed by atoms with van der Waals surface area (Å²) in [5, 5.41) is 8.66. The van der Waals surface area contributed by atoms with Gasteiger partial charge in [-0.25, -0.2) is 0 Å². The van der Waals surface area contributed by atoms with Crippen molar-refractivity contribution in [2.75, 3.05) is 13.1 Å². The molecule has 5 heteroatoms. The molecule has 1 unspecified atom stereocenters. The average molecular weight is 221 g/mol. The maximum atomic E-state index is 11.9. The lowest BCUT2D eigenvalue weighted by Gasteiger charge is -2.13. The van der Waals surface area contributed by atoms with Crippen molar-refractivity contribution in [3.05, 3.63) is 21.9 Å². The Bertz CT molecular complexity index is 421. The van der Waals surface area contributed by atoms with E-state index in [2.05, 4.69) is 0 Å². The van der Waals surface area contributed by atoms with Crippen LogP contribution in [0.25, 0.3) is 0 Å². The first kappa shape index (κ1) is 10.1. The number of amides is 1. The zero-order chi connectivity index (χ0) is 10.8. The predicted molar refractivity (Wildman–Crippen MR) is 57.5 cm³/mol. The topological polar surface area (TPSA) is 70.1 Å². The quantitative estimate of drug-likeness (QED) is 0.762. The van der Waals surface area contributed by atoms with Gasteiger partial charge < -0.3 is 10.6 Å². The first-order valence-corrected chi connectivity index (χ1v) is 5.57. The Hall–Kier alpha value is -1.38. The summed E-state index contributed by atoms with van der Waals surface area (Å²) in [6.45, 7) is 1.35. The lowest BCUT2D eigenvalue weighted by molar-refractivity contribution is 0.0795. The van der Waals surface area contributed by atoms with E-state index in [1.54, 1.807) is 17.0 Å². The van der Waals surface area contributed by atoms with Crippen molar-refractivity contribution >= 4 is 17.2 Å². The minimum Gasteiger partial charge on any atom is -0.336 e. The third-order valence-electron chi connectivity index (χ3n) is 2.44. The second-order valence-corrected chi connectivity index (χ2v) is 4.66. The van der Waals surface area contributed by atoms with Gasteiger partial charge in [-0.05, 0) is 18.6 Å². The summed E-state index contributed by atoms with van der Waals surface area (Å²) in [6.07, 6.45) is 0.863. The first-order valence-electron chi connectivity index (χ1n) is 4.75. The second-order valence-electron chi connectivity index (χ2n) is 3.58. The van der Waals surface area contributed by atoms with Crippen LogP contribution in [-0.2, 0) is 0 Å². The molecule has 1 aliphatic rings. The fourth-order valence-corrected chi connectivity index (χ4v) is 2.41. The van der Waals surface area contributed by atoms with E-state index in [-0.39, 0.29) is 11.9 Å². The van der Waals surface area contributed by atoms with Gasteiger partial charge in [0.05, 0.1) is 4.88 Å². The van der Waals surface area contributed by atoms with E-state index >= 15 is 0 Å². The first-order chi connectivity index (χ1) is 7.20. The molecule has 1 aliphatic heterocycles. The van der Waals surface area contributed by atoms with Crippen LogP contribution in [0.2, 0.25) is 0 Å². The maximum absolute atomic E-state index is 11.9. The van der Waals surface area contributed by atoms with Gasteiger partial charge >= 0.3 is 0 Å². The highest BCUT2D eigenvalue weighted by Gasteiger charge is 2.25. The minimum absolute atomic E-state index is 0.00514. The molecule has 1 aromatic heterocycles. The van der Waals surface area contributed by atoms with Crippen LogP contribution in [0.3, 0.4) is 0 Å². The van der Waals surface area contributed by atoms with Gasteiger partial charge in [0.2, 0.25) is 0 Å². The van der Waals surface area contributed by atoms with Gasteiger partial charge in [-0.1, -0.05) is 0 Å². The van der Waals surface area contributed by atoms with Crippen molar-refractivity contribution in [3.8, 4) is 6.07 Å². The summed E-state index contributed by atoms with van der Waals surface area (Å²) in [6, 6.07) is 5.50. The summed E-state index contributed by atoms with van der Waals surface area (Å²) in [7, 11) is 0. The molecular weight excluding hydrogens is 210 g/mol. The Morgan fingerprint density at radius 1 is 1.67 bits per heavy atom. The molecule has 0 saturated carbocycles. The molecule has 1 atom stereocenters. The van der Waals surface area contributed by atoms with Crippen LogP contribution in [0, 0.1) is 11.3 Å². The van der Waals surface area contributed by atoms with Crippen LogP contribution in [0.5, 0.6) is 0 Å². The molecule has 1 aromatic rings. The summed E-state index contributed by atoms with van der Waals surface area (Å²) in [5.41, 5.74) is 5.73. The predicted octanol–water partition coefficient (Wildman–Crippen LogP) is 0.793. The number of likely N-dealkylation sites (tertiary alicyclic amines) is 1. The third kappa shape index (κ3) is 2.01. The van der Waals surface area contributed by atoms with Crippen molar-refractivity contribution in [1.82, 2.24) is 4.90 Å². The van der Waals surface area contributed by atoms with Gasteiger partial charge in [0.15, 0.2) is 0 Å². The standard InChI is InChI=1S/C10H11N3OS/c11-5-8-1-2-9(15-8)10(14)13-4-3-7(12)6-13/h1-2,7H,3-4,6,12H2. The summed E-state index contributed by atoms with van der Waals surface area (Å²) in [4.78, 5) is 14.8. The molecule has 2 rings (SSSR count). The van der Waals surface area contributed by atoms with E-state index in [9.17, 15) is 4.79 Å². The molecular formula is C10H11N3OS. The number of nitrogens with two attached hydrogens (primary N) is 1. The molecule has 2 N–H and O–H groups in total. The largest absolute Gasteiger partial charge is 0.336 e. The number of nitrogens with zero attached hydrogens (tertiary/aromatic N) is 2. The Balaban J connectivity index is 2.11. The smallest absolute Gasteiger partial charge is 0.264 e. The molecule has 0 aromatic carbocycles. The zero-order valence-electron chi connectivity index (χ0n) is 8.14. The van der Waals surface area contributed by atoms with Crippen molar-refractivity contribution < 1.29 is 4.79 Å². The van der Waals surface area contributed by atoms with E-state index in [1.165, 1.54) is 11.3 Å². The second kappa shape index (κ2) is 4.01. The Kier molecular flexibility index (Phi) is 2.71. The van der Waals surface area contributed by atoms with E-state index in [1.807, 2.05) is 6.07 Å². The number of hydrogen-bond acceptors (Lipinski definition) is 4. The SMILES string of the molecule is N#Cc1ccc(C(=O)N2CCC(N)C2)s1. The molecule has 1 fully saturated rings. The number of carbonyl (C=O) groups is 1.